The molecule has 0 radical (unpaired) electrons. The molecule has 1 N–H and O–H groups in total. The number of rotatable bonds is 8. The molecule has 4 amide bonds. The minimum atomic E-state index is -3.55. The third-order valence-corrected chi connectivity index (χ3v) is 13.1. The van der Waals surface area contributed by atoms with Crippen molar-refractivity contribution in [2.45, 2.75) is 69.1 Å². The first-order valence-corrected chi connectivity index (χ1v) is 19.6. The fraction of sp³-hybridized carbons (Fsp3) is 0.529. The van der Waals surface area contributed by atoms with E-state index in [0.29, 0.717) is 55.3 Å². The highest BCUT2D eigenvalue weighted by atomic mass is 28.4. The number of halogens is 1. The van der Waals surface area contributed by atoms with Crippen LogP contribution in [0.5, 0.6) is 0 Å². The molecule has 2 aromatic carbocycles. The van der Waals surface area contributed by atoms with Crippen molar-refractivity contribution in [2.24, 2.45) is 5.92 Å². The monoisotopic (exact) mass is 680 g/mol. The molecule has 14 heteroatoms. The van der Waals surface area contributed by atoms with E-state index in [1.165, 1.54) is 9.80 Å². The molecule has 5 atom stereocenters. The van der Waals surface area contributed by atoms with Gasteiger partial charge in [-0.1, -0.05) is 19.1 Å². The van der Waals surface area contributed by atoms with E-state index in [0.717, 1.165) is 12.0 Å². The van der Waals surface area contributed by atoms with Crippen LogP contribution in [0.4, 0.5) is 30.8 Å². The fourth-order valence-electron chi connectivity index (χ4n) is 8.46. The van der Waals surface area contributed by atoms with Gasteiger partial charge in [-0.05, 0) is 61.8 Å². The van der Waals surface area contributed by atoms with Gasteiger partial charge in [-0.3, -0.25) is 19.4 Å². The predicted molar refractivity (Wildman–Crippen MR) is 176 cm³/mol. The Morgan fingerprint density at radius 2 is 1.69 bits per heavy atom. The molecule has 12 nitrogen and oxygen atoms in total. The SMILES string of the molecule is C[C@@H]1[C@@H]([Si](C)(C)F)[C@H](CC(=O)N2CCC[C@H]2CO)O[C@@]12C(=O)N(Cc1cccc(N3CCOC3=O)c1)c1ccc(N3CCOC3=O)cc12. The maximum Gasteiger partial charge on any atom is 0.414 e. The van der Waals surface area contributed by atoms with Crippen molar-refractivity contribution < 1.29 is 42.6 Å². The molecule has 0 aliphatic carbocycles. The summed E-state index contributed by atoms with van der Waals surface area (Å²) >= 11 is 0. The Labute approximate surface area is 279 Å². The van der Waals surface area contributed by atoms with Crippen molar-refractivity contribution in [3.8, 4) is 0 Å². The summed E-state index contributed by atoms with van der Waals surface area (Å²) in [5, 5.41) is 9.87. The Morgan fingerprint density at radius 3 is 2.31 bits per heavy atom. The number of ether oxygens (including phenoxy) is 3. The molecule has 0 aromatic heterocycles. The number of benzene rings is 2. The van der Waals surface area contributed by atoms with Crippen LogP contribution >= 0.6 is 0 Å². The molecule has 0 bridgehead atoms. The highest BCUT2D eigenvalue weighted by Gasteiger charge is 2.67. The van der Waals surface area contributed by atoms with E-state index in [-0.39, 0.29) is 44.0 Å². The summed E-state index contributed by atoms with van der Waals surface area (Å²) < 4.78 is 33.5. The summed E-state index contributed by atoms with van der Waals surface area (Å²) in [5.41, 5.74) is 0.719. The Hall–Kier alpha value is -4.01. The first-order valence-electron chi connectivity index (χ1n) is 16.6. The molecule has 5 heterocycles. The number of anilines is 3. The van der Waals surface area contributed by atoms with E-state index >= 15 is 4.11 Å². The Bertz CT molecular complexity index is 1650. The van der Waals surface area contributed by atoms with Crippen LogP contribution in [-0.4, -0.2) is 94.0 Å². The van der Waals surface area contributed by atoms with Crippen LogP contribution in [0.15, 0.2) is 42.5 Å². The average Bonchev–Trinajstić information content (AvgIpc) is 3.87. The van der Waals surface area contributed by atoms with Gasteiger partial charge in [0.15, 0.2) is 5.60 Å². The lowest BCUT2D eigenvalue weighted by molar-refractivity contribution is -0.150. The van der Waals surface area contributed by atoms with E-state index in [4.69, 9.17) is 14.2 Å². The molecule has 5 aliphatic heterocycles. The minimum absolute atomic E-state index is 0.109. The van der Waals surface area contributed by atoms with Gasteiger partial charge < -0.3 is 33.2 Å². The largest absolute Gasteiger partial charge is 0.447 e. The molecule has 48 heavy (non-hydrogen) atoms. The number of amides is 4. The van der Waals surface area contributed by atoms with Crippen molar-refractivity contribution in [1.82, 2.24) is 4.90 Å². The first-order chi connectivity index (χ1) is 22.9. The summed E-state index contributed by atoms with van der Waals surface area (Å²) in [4.78, 5) is 59.7. The number of hydrogen-bond donors (Lipinski definition) is 1. The predicted octanol–water partition coefficient (Wildman–Crippen LogP) is 4.30. The summed E-state index contributed by atoms with van der Waals surface area (Å²) in [7, 11) is -3.55. The van der Waals surface area contributed by atoms with Gasteiger partial charge in [0.25, 0.3) is 5.91 Å². The number of aliphatic hydroxyl groups is 1. The fourth-order valence-corrected chi connectivity index (χ4v) is 11.0. The van der Waals surface area contributed by atoms with Crippen LogP contribution in [-0.2, 0) is 35.9 Å². The van der Waals surface area contributed by atoms with E-state index < -0.39 is 43.8 Å². The van der Waals surface area contributed by atoms with Crippen molar-refractivity contribution in [3.05, 3.63) is 53.6 Å². The lowest BCUT2D eigenvalue weighted by Crippen LogP contribution is -2.45. The quantitative estimate of drug-likeness (QED) is 0.323. The summed E-state index contributed by atoms with van der Waals surface area (Å²) in [6.07, 6.45) is -0.436. The molecule has 1 spiro atoms. The van der Waals surface area contributed by atoms with Crippen LogP contribution in [0.2, 0.25) is 18.6 Å². The maximum atomic E-state index is 16.4. The Morgan fingerprint density at radius 1 is 1.00 bits per heavy atom. The summed E-state index contributed by atoms with van der Waals surface area (Å²) in [6, 6.07) is 12.4. The van der Waals surface area contributed by atoms with Gasteiger partial charge in [0.1, 0.15) is 13.2 Å². The van der Waals surface area contributed by atoms with Gasteiger partial charge in [0.2, 0.25) is 14.3 Å². The van der Waals surface area contributed by atoms with E-state index in [1.807, 2.05) is 31.2 Å². The third-order valence-electron chi connectivity index (χ3n) is 10.6. The van der Waals surface area contributed by atoms with Gasteiger partial charge in [0.05, 0.1) is 50.5 Å². The molecule has 256 valence electrons. The molecule has 5 aliphatic rings. The average molecular weight is 681 g/mol. The Balaban J connectivity index is 1.28. The molecular formula is C34H41FN4O8Si. The second-order valence-electron chi connectivity index (χ2n) is 13.8. The Kier molecular flexibility index (Phi) is 8.23. The zero-order chi connectivity index (χ0) is 34.0. The lowest BCUT2D eigenvalue weighted by atomic mass is 9.82. The van der Waals surface area contributed by atoms with Gasteiger partial charge >= 0.3 is 12.2 Å². The number of carbonyl (C=O) groups excluding carboxylic acids is 4. The van der Waals surface area contributed by atoms with Gasteiger partial charge in [-0.2, -0.15) is 0 Å². The number of aliphatic hydroxyl groups excluding tert-OH is 1. The van der Waals surface area contributed by atoms with Crippen molar-refractivity contribution in [1.29, 1.82) is 0 Å². The minimum Gasteiger partial charge on any atom is -0.447 e. The number of hydrogen-bond acceptors (Lipinski definition) is 8. The number of nitrogens with zero attached hydrogens (tertiary/aromatic N) is 4. The lowest BCUT2D eigenvalue weighted by Gasteiger charge is -2.31. The number of likely N-dealkylation sites (tertiary alicyclic amines) is 1. The van der Waals surface area contributed by atoms with Gasteiger partial charge in [0, 0.05) is 34.9 Å². The normalized spacial score (nSPS) is 28.6. The molecular weight excluding hydrogens is 639 g/mol. The first kappa shape index (κ1) is 32.5. The molecule has 0 unspecified atom stereocenters. The van der Waals surface area contributed by atoms with E-state index in [9.17, 15) is 24.3 Å². The van der Waals surface area contributed by atoms with E-state index in [1.54, 1.807) is 41.1 Å². The van der Waals surface area contributed by atoms with Crippen LogP contribution in [0.1, 0.15) is 37.3 Å². The van der Waals surface area contributed by atoms with Crippen LogP contribution in [0.3, 0.4) is 0 Å². The van der Waals surface area contributed by atoms with Gasteiger partial charge in [-0.25, -0.2) is 9.59 Å². The van der Waals surface area contributed by atoms with Crippen molar-refractivity contribution in [3.63, 3.8) is 0 Å². The standard InChI is InChI=1S/C34H41FN4O8Si/c1-21-30(48(2,3)35)28(18-29(41)36-11-5-8-25(36)20-40)47-34(21)26-17-24(38-13-15-46-33(38)44)9-10-27(26)39(31(34)42)19-22-6-4-7-23(16-22)37-12-14-45-32(37)43/h4,6-7,9-10,16-17,21,25,28,30,40H,5,8,11-15,18-20H2,1-3H3/t21-,25+,28+,30-,34+/m1/s1. The molecule has 2 aromatic rings. The second-order valence-corrected chi connectivity index (χ2v) is 17.6. The number of fused-ring (bicyclic) bond motifs is 2. The van der Waals surface area contributed by atoms with Crippen LogP contribution in [0.25, 0.3) is 0 Å². The molecule has 0 saturated carbocycles. The molecule has 7 rings (SSSR count). The van der Waals surface area contributed by atoms with Gasteiger partial charge in [-0.15, -0.1) is 0 Å². The topological polar surface area (TPSA) is 129 Å². The third kappa shape index (κ3) is 5.24. The smallest absolute Gasteiger partial charge is 0.414 e. The van der Waals surface area contributed by atoms with Crippen molar-refractivity contribution >= 4 is 49.5 Å². The van der Waals surface area contributed by atoms with E-state index in [2.05, 4.69) is 0 Å². The highest BCUT2D eigenvalue weighted by Crippen LogP contribution is 2.61. The highest BCUT2D eigenvalue weighted by molar-refractivity contribution is 6.72. The summed E-state index contributed by atoms with van der Waals surface area (Å²) in [5.74, 6) is -1.24. The van der Waals surface area contributed by atoms with Crippen LogP contribution < -0.4 is 14.7 Å². The van der Waals surface area contributed by atoms with Crippen LogP contribution in [0, 0.1) is 5.92 Å². The second kappa shape index (κ2) is 12.1. The van der Waals surface area contributed by atoms with Crippen molar-refractivity contribution in [2.75, 3.05) is 54.2 Å². The number of cyclic esters (lactones) is 2. The summed E-state index contributed by atoms with van der Waals surface area (Å²) in [6.45, 7) is 6.81. The number of carbonyl (C=O) groups is 4. The molecule has 4 saturated heterocycles. The molecule has 4 fully saturated rings. The zero-order valence-electron chi connectivity index (χ0n) is 27.4. The zero-order valence-corrected chi connectivity index (χ0v) is 28.4. The maximum absolute atomic E-state index is 16.4.